The van der Waals surface area contributed by atoms with Gasteiger partial charge in [0.05, 0.1) is 32.4 Å². The van der Waals surface area contributed by atoms with Crippen molar-refractivity contribution in [2.75, 3.05) is 27.4 Å². The predicted octanol–water partition coefficient (Wildman–Crippen LogP) is 4.32. The molecule has 0 aliphatic carbocycles. The Labute approximate surface area is 188 Å². The fraction of sp³-hybridized carbons (Fsp3) is 0.360. The van der Waals surface area contributed by atoms with Crippen molar-refractivity contribution in [3.05, 3.63) is 59.2 Å². The maximum absolute atomic E-state index is 13.2. The minimum Gasteiger partial charge on any atom is -0.506 e. The fourth-order valence-electron chi connectivity index (χ4n) is 3.95. The molecule has 1 aliphatic heterocycles. The van der Waals surface area contributed by atoms with Crippen molar-refractivity contribution in [2.45, 2.75) is 32.7 Å². The lowest BCUT2D eigenvalue weighted by Crippen LogP contribution is -2.30. The summed E-state index contributed by atoms with van der Waals surface area (Å²) in [5.41, 5.74) is 0.918. The van der Waals surface area contributed by atoms with E-state index < -0.39 is 17.7 Å². The lowest BCUT2D eigenvalue weighted by molar-refractivity contribution is -0.139. The molecule has 1 fully saturated rings. The molecule has 1 N–H and O–H groups in total. The van der Waals surface area contributed by atoms with Gasteiger partial charge < -0.3 is 24.2 Å². The Bertz CT molecular complexity index is 1010. The number of carbonyl (C=O) groups is 2. The molecule has 3 rings (SSSR count). The summed E-state index contributed by atoms with van der Waals surface area (Å²) in [4.78, 5) is 27.7. The third-order valence-electron chi connectivity index (χ3n) is 5.44. The van der Waals surface area contributed by atoms with Crippen molar-refractivity contribution in [2.24, 2.45) is 0 Å². The van der Waals surface area contributed by atoms with E-state index in [9.17, 15) is 14.7 Å². The van der Waals surface area contributed by atoms with Gasteiger partial charge >= 0.3 is 0 Å². The number of likely N-dealkylation sites (tertiary alicyclic amines) is 1. The van der Waals surface area contributed by atoms with E-state index in [4.69, 9.17) is 14.2 Å². The van der Waals surface area contributed by atoms with Crippen molar-refractivity contribution >= 4 is 17.4 Å². The molecule has 2 aromatic carbocycles. The number of Topliss-reactive ketones (excluding diaryl/α,β-unsaturated/α-hetero) is 1. The monoisotopic (exact) mass is 439 g/mol. The summed E-state index contributed by atoms with van der Waals surface area (Å²) in [6, 6.07) is 11.5. The number of ether oxygens (including phenoxy) is 3. The number of methoxy groups -OCH3 is 2. The number of nitrogens with zero attached hydrogens (tertiary/aromatic N) is 1. The van der Waals surface area contributed by atoms with E-state index in [0.29, 0.717) is 36.0 Å². The molecular formula is C25H29NO6. The highest BCUT2D eigenvalue weighted by atomic mass is 16.5. The number of hydrogen-bond donors (Lipinski definition) is 1. The van der Waals surface area contributed by atoms with Gasteiger partial charge in [0.1, 0.15) is 28.6 Å². The first-order valence-corrected chi connectivity index (χ1v) is 10.7. The van der Waals surface area contributed by atoms with Crippen LogP contribution < -0.4 is 14.2 Å². The number of carbonyl (C=O) groups excluding carboxylic acids is 2. The quantitative estimate of drug-likeness (QED) is 0.356. The standard InChI is InChI=1S/C25H29NO6/c1-5-7-14-26-22(16-10-8-11-17(15-16)32-6-2)21(24(28)25(26)29)23(27)20-18(30-3)12-9-13-19(20)31-4/h8-13,15,22,27H,5-7,14H2,1-4H3/b23-21+. The first kappa shape index (κ1) is 23.2. The molecule has 0 aromatic heterocycles. The highest BCUT2D eigenvalue weighted by Gasteiger charge is 2.46. The van der Waals surface area contributed by atoms with Gasteiger partial charge in [0, 0.05) is 6.54 Å². The Balaban J connectivity index is 2.25. The van der Waals surface area contributed by atoms with Crippen LogP contribution in [0.15, 0.2) is 48.0 Å². The van der Waals surface area contributed by atoms with E-state index in [2.05, 4.69) is 0 Å². The van der Waals surface area contributed by atoms with Gasteiger partial charge in [-0.05, 0) is 43.2 Å². The molecule has 170 valence electrons. The molecular weight excluding hydrogens is 410 g/mol. The van der Waals surface area contributed by atoms with Crippen LogP contribution in [0.1, 0.15) is 43.9 Å². The summed E-state index contributed by atoms with van der Waals surface area (Å²) < 4.78 is 16.4. The number of hydrogen-bond acceptors (Lipinski definition) is 6. The number of aliphatic hydroxyl groups is 1. The van der Waals surface area contributed by atoms with Gasteiger partial charge in [-0.15, -0.1) is 0 Å². The highest BCUT2D eigenvalue weighted by molar-refractivity contribution is 6.46. The molecule has 0 radical (unpaired) electrons. The van der Waals surface area contributed by atoms with Gasteiger partial charge in [0.15, 0.2) is 0 Å². The lowest BCUT2D eigenvalue weighted by atomic mass is 9.94. The van der Waals surface area contributed by atoms with E-state index in [1.54, 1.807) is 24.3 Å². The van der Waals surface area contributed by atoms with Crippen LogP contribution in [-0.4, -0.2) is 49.1 Å². The summed E-state index contributed by atoms with van der Waals surface area (Å²) >= 11 is 0. The molecule has 2 aromatic rings. The molecule has 0 spiro atoms. The first-order valence-electron chi connectivity index (χ1n) is 10.7. The fourth-order valence-corrected chi connectivity index (χ4v) is 3.95. The second kappa shape index (κ2) is 10.2. The molecule has 1 atom stereocenters. The van der Waals surface area contributed by atoms with Crippen LogP contribution in [0.4, 0.5) is 0 Å². The zero-order valence-electron chi connectivity index (χ0n) is 18.9. The van der Waals surface area contributed by atoms with E-state index in [1.165, 1.54) is 19.1 Å². The molecule has 7 nitrogen and oxygen atoms in total. The highest BCUT2D eigenvalue weighted by Crippen LogP contribution is 2.43. The summed E-state index contributed by atoms with van der Waals surface area (Å²) in [5.74, 6) is -0.407. The molecule has 1 aliphatic rings. The van der Waals surface area contributed by atoms with Crippen LogP contribution in [0.5, 0.6) is 17.2 Å². The topological polar surface area (TPSA) is 85.3 Å². The molecule has 1 saturated heterocycles. The molecule has 32 heavy (non-hydrogen) atoms. The Hall–Kier alpha value is -3.48. The number of aliphatic hydroxyl groups excluding tert-OH is 1. The van der Waals surface area contributed by atoms with Gasteiger partial charge in [-0.3, -0.25) is 9.59 Å². The summed E-state index contributed by atoms with van der Waals surface area (Å²) in [6.45, 7) is 4.78. The largest absolute Gasteiger partial charge is 0.506 e. The van der Waals surface area contributed by atoms with Crippen LogP contribution in [0.25, 0.3) is 5.76 Å². The van der Waals surface area contributed by atoms with Gasteiger partial charge in [0.25, 0.3) is 11.7 Å². The third-order valence-corrected chi connectivity index (χ3v) is 5.44. The van der Waals surface area contributed by atoms with Crippen LogP contribution in [-0.2, 0) is 9.59 Å². The van der Waals surface area contributed by atoms with Crippen molar-refractivity contribution in [3.63, 3.8) is 0 Å². The average Bonchev–Trinajstić information content (AvgIpc) is 3.06. The maximum Gasteiger partial charge on any atom is 0.295 e. The number of ketones is 1. The Morgan fingerprint density at radius 3 is 2.28 bits per heavy atom. The zero-order chi connectivity index (χ0) is 23.3. The van der Waals surface area contributed by atoms with E-state index in [1.807, 2.05) is 32.0 Å². The minimum atomic E-state index is -0.753. The number of amides is 1. The van der Waals surface area contributed by atoms with Crippen molar-refractivity contribution in [1.29, 1.82) is 0 Å². The Morgan fingerprint density at radius 1 is 1.03 bits per heavy atom. The molecule has 0 bridgehead atoms. The SMILES string of the molecule is CCCCN1C(=O)C(=O)/C(=C(/O)c2c(OC)cccc2OC)C1c1cccc(OCC)c1. The van der Waals surface area contributed by atoms with Gasteiger partial charge in [-0.2, -0.15) is 0 Å². The van der Waals surface area contributed by atoms with Crippen molar-refractivity contribution in [1.82, 2.24) is 4.90 Å². The lowest BCUT2D eigenvalue weighted by Gasteiger charge is -2.26. The van der Waals surface area contributed by atoms with Crippen molar-refractivity contribution < 1.29 is 28.9 Å². The zero-order valence-corrected chi connectivity index (χ0v) is 18.9. The normalized spacial score (nSPS) is 17.5. The second-order valence-corrected chi connectivity index (χ2v) is 7.39. The minimum absolute atomic E-state index is 0.00236. The molecule has 1 heterocycles. The average molecular weight is 440 g/mol. The Morgan fingerprint density at radius 2 is 1.69 bits per heavy atom. The molecule has 1 unspecified atom stereocenters. The van der Waals surface area contributed by atoms with E-state index >= 15 is 0 Å². The van der Waals surface area contributed by atoms with Gasteiger partial charge in [-0.1, -0.05) is 31.5 Å². The van der Waals surface area contributed by atoms with Crippen LogP contribution in [0, 0.1) is 0 Å². The van der Waals surface area contributed by atoms with Crippen LogP contribution in [0.2, 0.25) is 0 Å². The van der Waals surface area contributed by atoms with Crippen LogP contribution >= 0.6 is 0 Å². The third kappa shape index (κ3) is 4.28. The van der Waals surface area contributed by atoms with E-state index in [0.717, 1.165) is 12.8 Å². The maximum atomic E-state index is 13.2. The number of rotatable bonds is 9. The van der Waals surface area contributed by atoms with Gasteiger partial charge in [0.2, 0.25) is 0 Å². The smallest absolute Gasteiger partial charge is 0.295 e. The predicted molar refractivity (Wildman–Crippen MR) is 121 cm³/mol. The summed E-state index contributed by atoms with van der Waals surface area (Å²) in [6.07, 6.45) is 1.59. The molecule has 1 amide bonds. The summed E-state index contributed by atoms with van der Waals surface area (Å²) in [7, 11) is 2.93. The summed E-state index contributed by atoms with van der Waals surface area (Å²) in [5, 5.41) is 11.4. The molecule has 7 heteroatoms. The Kier molecular flexibility index (Phi) is 7.41. The van der Waals surface area contributed by atoms with Crippen LogP contribution in [0.3, 0.4) is 0 Å². The van der Waals surface area contributed by atoms with Crippen molar-refractivity contribution in [3.8, 4) is 17.2 Å². The number of benzene rings is 2. The number of unbranched alkanes of at least 4 members (excludes halogenated alkanes) is 1. The second-order valence-electron chi connectivity index (χ2n) is 7.39. The van der Waals surface area contributed by atoms with Gasteiger partial charge in [-0.25, -0.2) is 0 Å². The first-order chi connectivity index (χ1) is 15.5. The molecule has 0 saturated carbocycles. The van der Waals surface area contributed by atoms with E-state index in [-0.39, 0.29) is 16.9 Å².